The molecule has 0 radical (unpaired) electrons. The Morgan fingerprint density at radius 2 is 1.83 bits per heavy atom. The van der Waals surface area contributed by atoms with E-state index in [-0.39, 0.29) is 5.41 Å². The van der Waals surface area contributed by atoms with Crippen LogP contribution >= 0.6 is 0 Å². The van der Waals surface area contributed by atoms with E-state index < -0.39 is 11.7 Å². The molecule has 1 aliphatic rings. The first kappa shape index (κ1) is 19.4. The molecular formula is C21H30O2. The second kappa shape index (κ2) is 7.79. The standard InChI is InChI=1S/C21H30O2/c1-7-9-16(2)10-8-11-17(3)12-13-19-20(4,5)14-18(22)15-21(19,6)23/h7-12,18,22-23H,1,14-15H2,2-6H3/b10-8+,16-9+,17-11+/t13?,18-,21+/m0/s1. The van der Waals surface area contributed by atoms with Crippen LogP contribution < -0.4 is 0 Å². The summed E-state index contributed by atoms with van der Waals surface area (Å²) < 4.78 is 0. The van der Waals surface area contributed by atoms with Crippen molar-refractivity contribution in [3.8, 4) is 0 Å². The van der Waals surface area contributed by atoms with E-state index in [1.807, 2.05) is 58.1 Å². The number of rotatable bonds is 4. The van der Waals surface area contributed by atoms with Crippen molar-refractivity contribution in [2.24, 2.45) is 5.41 Å². The largest absolute Gasteiger partial charge is 0.393 e. The fourth-order valence-corrected chi connectivity index (χ4v) is 3.23. The van der Waals surface area contributed by atoms with E-state index in [4.69, 9.17) is 0 Å². The first-order chi connectivity index (χ1) is 10.6. The highest BCUT2D eigenvalue weighted by atomic mass is 16.3. The molecular weight excluding hydrogens is 284 g/mol. The summed E-state index contributed by atoms with van der Waals surface area (Å²) in [5.74, 6) is 0. The lowest BCUT2D eigenvalue weighted by Crippen LogP contribution is -2.45. The Hall–Kier alpha value is -1.60. The van der Waals surface area contributed by atoms with E-state index in [1.165, 1.54) is 0 Å². The van der Waals surface area contributed by atoms with Crippen LogP contribution in [0.4, 0.5) is 0 Å². The van der Waals surface area contributed by atoms with E-state index in [0.29, 0.717) is 12.8 Å². The topological polar surface area (TPSA) is 40.5 Å². The molecule has 126 valence electrons. The monoisotopic (exact) mass is 314 g/mol. The van der Waals surface area contributed by atoms with Crippen LogP contribution in [0.5, 0.6) is 0 Å². The third-order valence-electron chi connectivity index (χ3n) is 4.14. The first-order valence-corrected chi connectivity index (χ1v) is 8.11. The summed E-state index contributed by atoms with van der Waals surface area (Å²) in [4.78, 5) is 0. The molecule has 2 heteroatoms. The lowest BCUT2D eigenvalue weighted by Gasteiger charge is -2.43. The summed E-state index contributed by atoms with van der Waals surface area (Å²) in [7, 11) is 0. The summed E-state index contributed by atoms with van der Waals surface area (Å²) in [5, 5.41) is 20.6. The van der Waals surface area contributed by atoms with Gasteiger partial charge < -0.3 is 10.2 Å². The summed E-state index contributed by atoms with van der Waals surface area (Å²) >= 11 is 0. The molecule has 0 aromatic rings. The normalized spacial score (nSPS) is 28.7. The molecule has 1 saturated carbocycles. The predicted octanol–water partition coefficient (Wildman–Crippen LogP) is 4.63. The average Bonchev–Trinajstić information content (AvgIpc) is 2.35. The van der Waals surface area contributed by atoms with Crippen molar-refractivity contribution in [3.05, 3.63) is 65.5 Å². The molecule has 0 amide bonds. The van der Waals surface area contributed by atoms with Gasteiger partial charge in [-0.05, 0) is 44.3 Å². The third kappa shape index (κ3) is 5.84. The van der Waals surface area contributed by atoms with Gasteiger partial charge in [0.2, 0.25) is 0 Å². The molecule has 2 nitrogen and oxygen atoms in total. The van der Waals surface area contributed by atoms with Crippen LogP contribution in [0.1, 0.15) is 47.5 Å². The van der Waals surface area contributed by atoms with Crippen molar-refractivity contribution in [2.75, 3.05) is 0 Å². The van der Waals surface area contributed by atoms with Gasteiger partial charge in [0.1, 0.15) is 0 Å². The van der Waals surface area contributed by atoms with Crippen molar-refractivity contribution in [1.29, 1.82) is 0 Å². The van der Waals surface area contributed by atoms with Crippen LogP contribution in [0, 0.1) is 5.41 Å². The van der Waals surface area contributed by atoms with Crippen molar-refractivity contribution < 1.29 is 10.2 Å². The number of aliphatic hydroxyl groups is 2. The molecule has 23 heavy (non-hydrogen) atoms. The van der Waals surface area contributed by atoms with Gasteiger partial charge in [0.25, 0.3) is 0 Å². The number of allylic oxidation sites excluding steroid dienone is 7. The van der Waals surface area contributed by atoms with Gasteiger partial charge in [0.15, 0.2) is 0 Å². The Bertz CT molecular complexity index is 571. The fraction of sp³-hybridized carbons (Fsp3) is 0.476. The maximum Gasteiger partial charge on any atom is 0.0931 e. The van der Waals surface area contributed by atoms with Crippen molar-refractivity contribution >= 4 is 0 Å². The Kier molecular flexibility index (Phi) is 6.58. The lowest BCUT2D eigenvalue weighted by molar-refractivity contribution is -0.0268. The SMILES string of the molecule is C=C/C=C(C)/C=C/C=C(\C)C=C=C1C(C)(C)C[C@H](O)C[C@@]1(C)O. The molecule has 1 fully saturated rings. The lowest BCUT2D eigenvalue weighted by atomic mass is 9.65. The van der Waals surface area contributed by atoms with Crippen molar-refractivity contribution in [3.63, 3.8) is 0 Å². The van der Waals surface area contributed by atoms with Crippen LogP contribution in [0.2, 0.25) is 0 Å². The minimum absolute atomic E-state index is 0.267. The second-order valence-electron chi connectivity index (χ2n) is 7.30. The van der Waals surface area contributed by atoms with Crippen LogP contribution in [-0.2, 0) is 0 Å². The highest BCUT2D eigenvalue weighted by Crippen LogP contribution is 2.45. The maximum absolute atomic E-state index is 10.6. The number of aliphatic hydroxyl groups excluding tert-OH is 1. The van der Waals surface area contributed by atoms with Gasteiger partial charge in [-0.15, -0.1) is 5.73 Å². The van der Waals surface area contributed by atoms with Gasteiger partial charge in [-0.1, -0.05) is 56.4 Å². The Balaban J connectivity index is 3.05. The van der Waals surface area contributed by atoms with Crippen LogP contribution in [0.3, 0.4) is 0 Å². The summed E-state index contributed by atoms with van der Waals surface area (Å²) in [5.41, 5.74) is 5.05. The quantitative estimate of drug-likeness (QED) is 0.586. The minimum Gasteiger partial charge on any atom is -0.393 e. The minimum atomic E-state index is -1.02. The van der Waals surface area contributed by atoms with Crippen LogP contribution in [0.15, 0.2) is 65.5 Å². The van der Waals surface area contributed by atoms with Gasteiger partial charge in [-0.25, -0.2) is 0 Å². The molecule has 1 rings (SSSR count). The van der Waals surface area contributed by atoms with Gasteiger partial charge in [0, 0.05) is 12.0 Å². The molecule has 0 aromatic heterocycles. The summed E-state index contributed by atoms with van der Waals surface area (Å²) in [6.07, 6.45) is 12.2. The van der Waals surface area contributed by atoms with E-state index >= 15 is 0 Å². The zero-order chi connectivity index (χ0) is 17.7. The number of hydrogen-bond donors (Lipinski definition) is 2. The third-order valence-corrected chi connectivity index (χ3v) is 4.14. The van der Waals surface area contributed by atoms with Crippen LogP contribution in [0.25, 0.3) is 0 Å². The van der Waals surface area contributed by atoms with E-state index in [2.05, 4.69) is 12.3 Å². The fourth-order valence-electron chi connectivity index (χ4n) is 3.23. The maximum atomic E-state index is 10.6. The Morgan fingerprint density at radius 1 is 1.17 bits per heavy atom. The molecule has 1 aliphatic carbocycles. The molecule has 0 aliphatic heterocycles. The average molecular weight is 314 g/mol. The first-order valence-electron chi connectivity index (χ1n) is 8.11. The molecule has 2 atom stereocenters. The zero-order valence-corrected chi connectivity index (χ0v) is 15.1. The van der Waals surface area contributed by atoms with E-state index in [1.54, 1.807) is 13.0 Å². The zero-order valence-electron chi connectivity index (χ0n) is 15.1. The molecule has 0 saturated heterocycles. The van der Waals surface area contributed by atoms with E-state index in [0.717, 1.165) is 16.7 Å². The van der Waals surface area contributed by atoms with Gasteiger partial charge in [-0.2, -0.15) is 0 Å². The highest BCUT2D eigenvalue weighted by Gasteiger charge is 2.44. The molecule has 0 unspecified atom stereocenters. The number of hydrogen-bond acceptors (Lipinski definition) is 2. The predicted molar refractivity (Wildman–Crippen MR) is 98.1 cm³/mol. The second-order valence-corrected chi connectivity index (χ2v) is 7.30. The summed E-state index contributed by atoms with van der Waals surface area (Å²) in [6.45, 7) is 13.5. The molecule has 0 aromatic carbocycles. The highest BCUT2D eigenvalue weighted by molar-refractivity contribution is 5.31. The van der Waals surface area contributed by atoms with Gasteiger partial charge >= 0.3 is 0 Å². The van der Waals surface area contributed by atoms with Crippen molar-refractivity contribution in [2.45, 2.75) is 59.2 Å². The molecule has 0 bridgehead atoms. The van der Waals surface area contributed by atoms with Crippen LogP contribution in [-0.4, -0.2) is 21.9 Å². The molecule has 0 heterocycles. The Morgan fingerprint density at radius 3 is 2.39 bits per heavy atom. The van der Waals surface area contributed by atoms with E-state index in [9.17, 15) is 10.2 Å². The molecule has 0 spiro atoms. The summed E-state index contributed by atoms with van der Waals surface area (Å²) in [6, 6.07) is 0. The molecule has 2 N–H and O–H groups in total. The smallest absolute Gasteiger partial charge is 0.0931 e. The van der Waals surface area contributed by atoms with Crippen molar-refractivity contribution in [1.82, 2.24) is 0 Å². The Labute approximate surface area is 140 Å². The van der Waals surface area contributed by atoms with Gasteiger partial charge in [-0.3, -0.25) is 0 Å². The van der Waals surface area contributed by atoms with Gasteiger partial charge in [0.05, 0.1) is 11.7 Å².